The summed E-state index contributed by atoms with van der Waals surface area (Å²) in [6, 6.07) is 5.93. The van der Waals surface area contributed by atoms with Crippen LogP contribution in [0, 0.1) is 5.82 Å². The molecule has 3 heterocycles. The van der Waals surface area contributed by atoms with Gasteiger partial charge in [-0.15, -0.1) is 0 Å². The molecule has 2 aromatic heterocycles. The van der Waals surface area contributed by atoms with Gasteiger partial charge in [-0.1, -0.05) is 15.8 Å². The molecule has 0 bridgehead atoms. The van der Waals surface area contributed by atoms with E-state index >= 15 is 4.39 Å². The lowest BCUT2D eigenvalue weighted by atomic mass is 9.91. The standard InChI is InChI=1S/C23H24F4N6O2S/c1-21(2)20(28)32-22(3,12-36(21)31-11-23(25,26)27)14-7-13(5-6-15(14)24)18-8-16(33-35-18)17-9-30-19(34-4)10-29-17/h5-10H,11-12H2,1-4H3,(H2,28,32)/t22-,36+/m0/s1. The van der Waals surface area contributed by atoms with Crippen LogP contribution >= 0.6 is 0 Å². The van der Waals surface area contributed by atoms with Crippen LogP contribution in [-0.4, -0.2) is 51.3 Å². The number of amidine groups is 1. The molecule has 3 aromatic rings. The van der Waals surface area contributed by atoms with E-state index in [1.165, 1.54) is 31.6 Å². The van der Waals surface area contributed by atoms with Gasteiger partial charge in [0.05, 0.1) is 29.8 Å². The summed E-state index contributed by atoms with van der Waals surface area (Å²) in [5.41, 5.74) is 6.47. The Labute approximate surface area is 207 Å². The van der Waals surface area contributed by atoms with Gasteiger partial charge < -0.3 is 15.0 Å². The number of ether oxygens (including phenoxy) is 1. The Morgan fingerprint density at radius 2 is 1.89 bits per heavy atom. The number of alkyl halides is 3. The number of hydrogen-bond acceptors (Lipinski definition) is 8. The molecule has 36 heavy (non-hydrogen) atoms. The summed E-state index contributed by atoms with van der Waals surface area (Å²) in [6.45, 7) is 3.72. The molecular weight excluding hydrogens is 500 g/mol. The van der Waals surface area contributed by atoms with Crippen molar-refractivity contribution in [1.82, 2.24) is 15.1 Å². The van der Waals surface area contributed by atoms with Gasteiger partial charge in [0.2, 0.25) is 5.88 Å². The third kappa shape index (κ3) is 5.11. The molecule has 1 aliphatic heterocycles. The van der Waals surface area contributed by atoms with Gasteiger partial charge in [0.25, 0.3) is 0 Å². The van der Waals surface area contributed by atoms with Crippen molar-refractivity contribution in [3.8, 4) is 28.6 Å². The molecule has 0 radical (unpaired) electrons. The van der Waals surface area contributed by atoms with Crippen molar-refractivity contribution < 1.29 is 26.8 Å². The Kier molecular flexibility index (Phi) is 6.62. The molecule has 0 fully saturated rings. The number of aromatic nitrogens is 3. The van der Waals surface area contributed by atoms with Crippen molar-refractivity contribution in [3.05, 3.63) is 48.0 Å². The molecule has 2 N–H and O–H groups in total. The maximum atomic E-state index is 15.1. The van der Waals surface area contributed by atoms with Gasteiger partial charge in [-0.2, -0.15) is 13.2 Å². The quantitative estimate of drug-likeness (QED) is 0.486. The molecule has 13 heteroatoms. The van der Waals surface area contributed by atoms with E-state index in [2.05, 4.69) is 24.5 Å². The average molecular weight is 525 g/mol. The SMILES string of the molecule is COc1cnc(-c2cc(-c3ccc(F)c([C@]4(C)C[S@@](=NCC(F)(F)F)C(C)(C)C(N)=N4)c3)on2)cn1. The maximum absolute atomic E-state index is 15.1. The van der Waals surface area contributed by atoms with E-state index in [1.807, 2.05) is 0 Å². The molecule has 4 rings (SSSR count). The second-order valence-electron chi connectivity index (χ2n) is 8.91. The van der Waals surface area contributed by atoms with Crippen LogP contribution in [0.5, 0.6) is 5.88 Å². The molecule has 0 unspecified atom stereocenters. The van der Waals surface area contributed by atoms with E-state index in [-0.39, 0.29) is 17.2 Å². The van der Waals surface area contributed by atoms with Crippen molar-refractivity contribution in [2.24, 2.45) is 15.1 Å². The highest BCUT2D eigenvalue weighted by Crippen LogP contribution is 2.39. The number of benzene rings is 1. The Morgan fingerprint density at radius 3 is 2.53 bits per heavy atom. The number of hydrogen-bond donors (Lipinski definition) is 1. The zero-order chi connectivity index (χ0) is 26.3. The first-order chi connectivity index (χ1) is 16.8. The minimum Gasteiger partial charge on any atom is -0.480 e. The molecule has 8 nitrogen and oxygen atoms in total. The van der Waals surface area contributed by atoms with E-state index in [1.54, 1.807) is 32.9 Å². The zero-order valence-electron chi connectivity index (χ0n) is 19.9. The highest BCUT2D eigenvalue weighted by molar-refractivity contribution is 7.89. The maximum Gasteiger partial charge on any atom is 0.408 e. The fourth-order valence-corrected chi connectivity index (χ4v) is 5.79. The Morgan fingerprint density at radius 1 is 1.14 bits per heavy atom. The van der Waals surface area contributed by atoms with Gasteiger partial charge in [0.15, 0.2) is 5.76 Å². The van der Waals surface area contributed by atoms with Crippen LogP contribution in [0.2, 0.25) is 0 Å². The minimum absolute atomic E-state index is 0.0697. The second kappa shape index (κ2) is 9.26. The number of rotatable bonds is 5. The van der Waals surface area contributed by atoms with Crippen LogP contribution in [0.15, 0.2) is 50.5 Å². The summed E-state index contributed by atoms with van der Waals surface area (Å²) in [7, 11) is 0.312. The van der Waals surface area contributed by atoms with Gasteiger partial charge in [0, 0.05) is 22.9 Å². The fraction of sp³-hybridized carbons (Fsp3) is 0.391. The normalized spacial score (nSPS) is 21.9. The van der Waals surface area contributed by atoms with E-state index in [4.69, 9.17) is 15.0 Å². The molecule has 1 aliphatic rings. The molecule has 0 amide bonds. The second-order valence-corrected chi connectivity index (χ2v) is 11.2. The van der Waals surface area contributed by atoms with Gasteiger partial charge >= 0.3 is 6.18 Å². The molecular formula is C23H24F4N6O2S. The van der Waals surface area contributed by atoms with Gasteiger partial charge in [0.1, 0.15) is 29.6 Å². The molecule has 2 atom stereocenters. The molecule has 192 valence electrons. The fourth-order valence-electron chi connectivity index (χ4n) is 3.67. The summed E-state index contributed by atoms with van der Waals surface area (Å²) in [6.07, 6.45) is -1.54. The number of nitrogens with two attached hydrogens (primary N) is 1. The van der Waals surface area contributed by atoms with Crippen LogP contribution < -0.4 is 10.5 Å². The summed E-state index contributed by atoms with van der Waals surface area (Å²) >= 11 is 0. The van der Waals surface area contributed by atoms with Crippen molar-refractivity contribution in [2.45, 2.75) is 37.2 Å². The van der Waals surface area contributed by atoms with E-state index in [0.717, 1.165) is 0 Å². The largest absolute Gasteiger partial charge is 0.480 e. The third-order valence-corrected chi connectivity index (χ3v) is 8.50. The highest BCUT2D eigenvalue weighted by Gasteiger charge is 2.43. The number of methoxy groups -OCH3 is 1. The Hall–Kier alpha value is -3.35. The number of halogens is 4. The Bertz CT molecular complexity index is 1340. The first kappa shape index (κ1) is 25.7. The lowest BCUT2D eigenvalue weighted by Gasteiger charge is -2.40. The predicted molar refractivity (Wildman–Crippen MR) is 128 cm³/mol. The first-order valence-corrected chi connectivity index (χ1v) is 12.1. The van der Waals surface area contributed by atoms with Gasteiger partial charge in [-0.3, -0.25) is 9.36 Å². The number of aliphatic imine (C=N–C) groups is 1. The minimum atomic E-state index is -4.45. The number of nitrogens with zero attached hydrogens (tertiary/aromatic N) is 5. The monoisotopic (exact) mass is 524 g/mol. The van der Waals surface area contributed by atoms with Crippen molar-refractivity contribution in [2.75, 3.05) is 19.4 Å². The summed E-state index contributed by atoms with van der Waals surface area (Å²) in [5.74, 6) is 0.296. The van der Waals surface area contributed by atoms with E-state index in [9.17, 15) is 13.2 Å². The van der Waals surface area contributed by atoms with Crippen LogP contribution in [0.3, 0.4) is 0 Å². The van der Waals surface area contributed by atoms with Crippen molar-refractivity contribution >= 4 is 16.5 Å². The lowest BCUT2D eigenvalue weighted by Crippen LogP contribution is -2.52. The lowest BCUT2D eigenvalue weighted by molar-refractivity contribution is -0.117. The van der Waals surface area contributed by atoms with Crippen molar-refractivity contribution in [1.29, 1.82) is 0 Å². The van der Waals surface area contributed by atoms with Gasteiger partial charge in [-0.05, 0) is 39.0 Å². The molecule has 0 aliphatic carbocycles. The summed E-state index contributed by atoms with van der Waals surface area (Å²) in [4.78, 5) is 12.8. The summed E-state index contributed by atoms with van der Waals surface area (Å²) in [5, 5.41) is 4.01. The molecule has 1 aromatic carbocycles. The van der Waals surface area contributed by atoms with Crippen LogP contribution in [0.1, 0.15) is 26.3 Å². The third-order valence-electron chi connectivity index (χ3n) is 5.83. The van der Waals surface area contributed by atoms with Gasteiger partial charge in [-0.25, -0.2) is 14.4 Å². The van der Waals surface area contributed by atoms with Crippen LogP contribution in [-0.2, 0) is 16.2 Å². The molecule has 0 saturated carbocycles. The Balaban J connectivity index is 1.71. The zero-order valence-corrected chi connectivity index (χ0v) is 20.7. The van der Waals surface area contributed by atoms with Crippen LogP contribution in [0.4, 0.5) is 17.6 Å². The highest BCUT2D eigenvalue weighted by atomic mass is 32.2. The average Bonchev–Trinajstić information content (AvgIpc) is 3.31. The predicted octanol–water partition coefficient (Wildman–Crippen LogP) is 4.68. The van der Waals surface area contributed by atoms with E-state index in [0.29, 0.717) is 28.6 Å². The first-order valence-electron chi connectivity index (χ1n) is 10.8. The molecule has 0 saturated heterocycles. The van der Waals surface area contributed by atoms with E-state index < -0.39 is 39.5 Å². The topological polar surface area (TPSA) is 112 Å². The van der Waals surface area contributed by atoms with Crippen molar-refractivity contribution in [3.63, 3.8) is 0 Å². The smallest absolute Gasteiger partial charge is 0.408 e. The summed E-state index contributed by atoms with van der Waals surface area (Å²) < 4.78 is 67.3. The molecule has 0 spiro atoms. The van der Waals surface area contributed by atoms with Crippen LogP contribution in [0.25, 0.3) is 22.7 Å².